The average molecular weight is 254 g/mol. The summed E-state index contributed by atoms with van der Waals surface area (Å²) in [5.41, 5.74) is -0.195. The average Bonchev–Trinajstić information content (AvgIpc) is 2.22. The highest BCUT2D eigenvalue weighted by atomic mass is 19.1. The zero-order valence-electron chi connectivity index (χ0n) is 10.7. The summed E-state index contributed by atoms with van der Waals surface area (Å²) in [6.45, 7) is 6.32. The molecule has 2 nitrogen and oxygen atoms in total. The fourth-order valence-corrected chi connectivity index (χ4v) is 2.41. The van der Waals surface area contributed by atoms with Gasteiger partial charge in [0.1, 0.15) is 11.6 Å². The standard InChI is InChI=1S/C14H18F2NO/c1-9(2)6-17-7-10(8-17)14(18)13-11(15)4-3-5-12(13)16/h3-5,10,14,18H,6-8H2,1-2H3. The number of hydrogen-bond acceptors (Lipinski definition) is 2. The zero-order valence-corrected chi connectivity index (χ0v) is 10.7. The Morgan fingerprint density at radius 1 is 1.33 bits per heavy atom. The summed E-state index contributed by atoms with van der Waals surface area (Å²) >= 11 is 0. The van der Waals surface area contributed by atoms with Crippen LogP contribution in [0.2, 0.25) is 0 Å². The quantitative estimate of drug-likeness (QED) is 0.892. The SMILES string of the molecule is C[C](C)CN1CC(C(O)c2c(F)cccc2F)C1. The maximum Gasteiger partial charge on any atom is 0.131 e. The molecule has 1 heterocycles. The summed E-state index contributed by atoms with van der Waals surface area (Å²) in [7, 11) is 0. The van der Waals surface area contributed by atoms with Crippen molar-refractivity contribution in [1.29, 1.82) is 0 Å². The first-order valence-electron chi connectivity index (χ1n) is 6.12. The molecule has 1 saturated heterocycles. The molecule has 0 aliphatic carbocycles. The number of nitrogens with zero attached hydrogens (tertiary/aromatic N) is 1. The van der Waals surface area contributed by atoms with E-state index in [4.69, 9.17) is 0 Å². The molecule has 1 unspecified atom stereocenters. The predicted octanol–water partition coefficient (Wildman–Crippen LogP) is 2.54. The normalized spacial score (nSPS) is 19.0. The van der Waals surface area contributed by atoms with Gasteiger partial charge in [-0.05, 0) is 18.1 Å². The Kier molecular flexibility index (Phi) is 3.97. The number of hydrogen-bond donors (Lipinski definition) is 1. The predicted molar refractivity (Wildman–Crippen MR) is 65.8 cm³/mol. The Morgan fingerprint density at radius 2 is 1.89 bits per heavy atom. The molecule has 99 valence electrons. The minimum absolute atomic E-state index is 0.0873. The Bertz CT molecular complexity index is 396. The van der Waals surface area contributed by atoms with Gasteiger partial charge in [0.15, 0.2) is 0 Å². The molecule has 1 radical (unpaired) electrons. The van der Waals surface area contributed by atoms with Crippen LogP contribution in [-0.4, -0.2) is 29.6 Å². The lowest BCUT2D eigenvalue weighted by Gasteiger charge is -2.42. The highest BCUT2D eigenvalue weighted by Crippen LogP contribution is 2.33. The lowest BCUT2D eigenvalue weighted by atomic mass is 9.88. The molecule has 0 bridgehead atoms. The number of aliphatic hydroxyl groups is 1. The largest absolute Gasteiger partial charge is 0.388 e. The number of likely N-dealkylation sites (tertiary alicyclic amines) is 1. The van der Waals surface area contributed by atoms with Gasteiger partial charge in [-0.15, -0.1) is 0 Å². The Balaban J connectivity index is 2.00. The van der Waals surface area contributed by atoms with Gasteiger partial charge in [-0.1, -0.05) is 19.9 Å². The Hall–Kier alpha value is -1.00. The second kappa shape index (κ2) is 5.33. The second-order valence-corrected chi connectivity index (χ2v) is 5.24. The Morgan fingerprint density at radius 3 is 2.39 bits per heavy atom. The fourth-order valence-electron chi connectivity index (χ4n) is 2.41. The number of aliphatic hydroxyl groups excluding tert-OH is 1. The van der Waals surface area contributed by atoms with Crippen molar-refractivity contribution in [2.45, 2.75) is 20.0 Å². The van der Waals surface area contributed by atoms with Crippen LogP contribution in [0.4, 0.5) is 8.78 Å². The maximum absolute atomic E-state index is 13.5. The van der Waals surface area contributed by atoms with Gasteiger partial charge in [-0.25, -0.2) is 8.78 Å². The molecule has 1 atom stereocenters. The summed E-state index contributed by atoms with van der Waals surface area (Å²) in [5, 5.41) is 10.0. The van der Waals surface area contributed by atoms with Crippen LogP contribution < -0.4 is 0 Å². The molecule has 2 rings (SSSR count). The first-order chi connectivity index (χ1) is 8.49. The molecule has 1 fully saturated rings. The van der Waals surface area contributed by atoms with Crippen LogP contribution in [0.3, 0.4) is 0 Å². The van der Waals surface area contributed by atoms with E-state index in [0.29, 0.717) is 13.1 Å². The van der Waals surface area contributed by atoms with Crippen molar-refractivity contribution in [3.05, 3.63) is 41.3 Å². The highest BCUT2D eigenvalue weighted by Gasteiger charge is 2.35. The maximum atomic E-state index is 13.5. The van der Waals surface area contributed by atoms with Gasteiger partial charge in [-0.3, -0.25) is 0 Å². The Labute approximate surface area is 106 Å². The monoisotopic (exact) mass is 254 g/mol. The zero-order chi connectivity index (χ0) is 13.3. The van der Waals surface area contributed by atoms with E-state index in [0.717, 1.165) is 6.54 Å². The molecule has 1 aromatic carbocycles. The van der Waals surface area contributed by atoms with Crippen LogP contribution >= 0.6 is 0 Å². The molecule has 0 amide bonds. The molecule has 1 aliphatic rings. The van der Waals surface area contributed by atoms with Crippen molar-refractivity contribution < 1.29 is 13.9 Å². The van der Waals surface area contributed by atoms with E-state index in [2.05, 4.69) is 4.90 Å². The first-order valence-corrected chi connectivity index (χ1v) is 6.12. The molecular formula is C14H18F2NO. The fraction of sp³-hybridized carbons (Fsp3) is 0.500. The van der Waals surface area contributed by atoms with Crippen LogP contribution in [-0.2, 0) is 0 Å². The first kappa shape index (κ1) is 13.4. The summed E-state index contributed by atoms with van der Waals surface area (Å²) in [4.78, 5) is 2.15. The van der Waals surface area contributed by atoms with Crippen molar-refractivity contribution in [3.8, 4) is 0 Å². The van der Waals surface area contributed by atoms with Crippen LogP contribution in [0.15, 0.2) is 18.2 Å². The van der Waals surface area contributed by atoms with Crippen LogP contribution in [0, 0.1) is 23.5 Å². The van der Waals surface area contributed by atoms with Crippen molar-refractivity contribution in [1.82, 2.24) is 4.90 Å². The third kappa shape index (κ3) is 2.70. The second-order valence-electron chi connectivity index (χ2n) is 5.24. The van der Waals surface area contributed by atoms with Crippen LogP contribution in [0.25, 0.3) is 0 Å². The summed E-state index contributed by atoms with van der Waals surface area (Å²) in [6, 6.07) is 3.67. The summed E-state index contributed by atoms with van der Waals surface area (Å²) < 4.78 is 27.0. The molecule has 0 saturated carbocycles. The summed E-state index contributed by atoms with van der Waals surface area (Å²) in [5.74, 6) is -0.130. The van der Waals surface area contributed by atoms with Gasteiger partial charge in [0, 0.05) is 25.6 Å². The van der Waals surface area contributed by atoms with Gasteiger partial charge >= 0.3 is 0 Å². The highest BCUT2D eigenvalue weighted by molar-refractivity contribution is 5.23. The van der Waals surface area contributed by atoms with Gasteiger partial charge in [0.25, 0.3) is 0 Å². The van der Waals surface area contributed by atoms with Gasteiger partial charge < -0.3 is 10.0 Å². The number of benzene rings is 1. The van der Waals surface area contributed by atoms with E-state index in [1.54, 1.807) is 0 Å². The molecule has 0 spiro atoms. The van der Waals surface area contributed by atoms with Crippen molar-refractivity contribution in [2.24, 2.45) is 5.92 Å². The molecule has 0 aromatic heterocycles. The lowest BCUT2D eigenvalue weighted by molar-refractivity contribution is -0.00593. The smallest absolute Gasteiger partial charge is 0.131 e. The van der Waals surface area contributed by atoms with Crippen molar-refractivity contribution in [2.75, 3.05) is 19.6 Å². The van der Waals surface area contributed by atoms with Crippen LogP contribution in [0.1, 0.15) is 25.5 Å². The van der Waals surface area contributed by atoms with Crippen molar-refractivity contribution >= 4 is 0 Å². The van der Waals surface area contributed by atoms with E-state index >= 15 is 0 Å². The van der Waals surface area contributed by atoms with Gasteiger partial charge in [0.2, 0.25) is 0 Å². The minimum Gasteiger partial charge on any atom is -0.388 e. The van der Waals surface area contributed by atoms with E-state index in [1.165, 1.54) is 24.1 Å². The number of rotatable bonds is 4. The van der Waals surface area contributed by atoms with E-state index in [9.17, 15) is 13.9 Å². The molecule has 18 heavy (non-hydrogen) atoms. The molecule has 1 N–H and O–H groups in total. The lowest BCUT2D eigenvalue weighted by Crippen LogP contribution is -2.50. The molecule has 1 aromatic rings. The van der Waals surface area contributed by atoms with Gasteiger partial charge in [-0.2, -0.15) is 0 Å². The van der Waals surface area contributed by atoms with E-state index in [1.807, 2.05) is 13.8 Å². The third-order valence-corrected chi connectivity index (χ3v) is 3.27. The van der Waals surface area contributed by atoms with E-state index in [-0.39, 0.29) is 11.5 Å². The molecular weight excluding hydrogens is 236 g/mol. The molecule has 4 heteroatoms. The van der Waals surface area contributed by atoms with Gasteiger partial charge in [0.05, 0.1) is 11.7 Å². The number of halogens is 2. The summed E-state index contributed by atoms with van der Waals surface area (Å²) in [6.07, 6.45) is -1.06. The van der Waals surface area contributed by atoms with Crippen molar-refractivity contribution in [3.63, 3.8) is 0 Å². The molecule has 1 aliphatic heterocycles. The van der Waals surface area contributed by atoms with E-state index < -0.39 is 17.7 Å². The third-order valence-electron chi connectivity index (χ3n) is 3.27. The topological polar surface area (TPSA) is 23.5 Å². The minimum atomic E-state index is -1.06. The van der Waals surface area contributed by atoms with Crippen LogP contribution in [0.5, 0.6) is 0 Å².